The first-order chi connectivity index (χ1) is 7.54. The summed E-state index contributed by atoms with van der Waals surface area (Å²) in [6.07, 6.45) is 0. The Bertz CT molecular complexity index is 359. The zero-order valence-corrected chi connectivity index (χ0v) is 9.74. The number of hydrogen-bond donors (Lipinski definition) is 2. The van der Waals surface area contributed by atoms with E-state index in [1.54, 1.807) is 17.0 Å². The molecule has 1 rings (SSSR count). The summed E-state index contributed by atoms with van der Waals surface area (Å²) < 4.78 is 12.8. The van der Waals surface area contributed by atoms with Gasteiger partial charge in [0.15, 0.2) is 0 Å². The predicted octanol–water partition coefficient (Wildman–Crippen LogP) is 1.49. The van der Waals surface area contributed by atoms with Gasteiger partial charge in [0.2, 0.25) is 5.96 Å². The van der Waals surface area contributed by atoms with Crippen LogP contribution in [0.3, 0.4) is 0 Å². The van der Waals surface area contributed by atoms with E-state index in [1.807, 2.05) is 20.9 Å². The molecule has 16 heavy (non-hydrogen) atoms. The minimum absolute atomic E-state index is 0.133. The van der Waals surface area contributed by atoms with Crippen molar-refractivity contribution in [2.75, 3.05) is 11.9 Å². The fourth-order valence-electron chi connectivity index (χ4n) is 1.25. The smallest absolute Gasteiger partial charge is 0.212 e. The Labute approximate surface area is 94.9 Å². The van der Waals surface area contributed by atoms with Gasteiger partial charge in [-0.1, -0.05) is 0 Å². The van der Waals surface area contributed by atoms with Crippen LogP contribution in [0.4, 0.5) is 10.1 Å². The van der Waals surface area contributed by atoms with E-state index in [0.717, 1.165) is 5.69 Å². The van der Waals surface area contributed by atoms with E-state index in [9.17, 15) is 4.39 Å². The summed E-state index contributed by atoms with van der Waals surface area (Å²) in [7, 11) is 1.81. The van der Waals surface area contributed by atoms with Crippen molar-refractivity contribution >= 4 is 11.6 Å². The molecule has 0 amide bonds. The van der Waals surface area contributed by atoms with Crippen LogP contribution in [0, 0.1) is 5.82 Å². The fraction of sp³-hybridized carbons (Fsp3) is 0.364. The molecule has 0 aromatic heterocycles. The number of nitrogens with zero attached hydrogens (tertiary/aromatic N) is 2. The van der Waals surface area contributed by atoms with Gasteiger partial charge < -0.3 is 4.90 Å². The molecule has 0 heterocycles. The van der Waals surface area contributed by atoms with Gasteiger partial charge in [0.05, 0.1) is 0 Å². The Kier molecular flexibility index (Phi) is 4.25. The number of rotatable bonds is 2. The molecule has 0 aliphatic rings. The number of nitrogens with one attached hydrogen (secondary N) is 1. The third kappa shape index (κ3) is 3.20. The van der Waals surface area contributed by atoms with Crippen LogP contribution in [0.25, 0.3) is 0 Å². The Balaban J connectivity index is 2.91. The summed E-state index contributed by atoms with van der Waals surface area (Å²) in [5.74, 6) is 5.67. The minimum Gasteiger partial charge on any atom is -0.315 e. The average molecular weight is 224 g/mol. The molecule has 0 fully saturated rings. The second-order valence-corrected chi connectivity index (χ2v) is 3.73. The van der Waals surface area contributed by atoms with Crippen LogP contribution in [0.2, 0.25) is 0 Å². The quantitative estimate of drug-likeness (QED) is 0.346. The van der Waals surface area contributed by atoms with Crippen LogP contribution in [0.1, 0.15) is 13.8 Å². The maximum Gasteiger partial charge on any atom is 0.212 e. The second-order valence-electron chi connectivity index (χ2n) is 3.73. The molecule has 0 radical (unpaired) electrons. The van der Waals surface area contributed by atoms with E-state index >= 15 is 0 Å². The molecule has 0 aliphatic heterocycles. The molecule has 0 aliphatic carbocycles. The molecule has 88 valence electrons. The molecule has 1 aromatic rings. The number of aliphatic imine (C=N–C) groups is 1. The summed E-state index contributed by atoms with van der Waals surface area (Å²) >= 11 is 0. The van der Waals surface area contributed by atoms with E-state index < -0.39 is 0 Å². The molecular formula is C11H17FN4. The van der Waals surface area contributed by atoms with Crippen LogP contribution in [0.5, 0.6) is 0 Å². The Morgan fingerprint density at radius 2 is 1.94 bits per heavy atom. The first-order valence-electron chi connectivity index (χ1n) is 5.08. The number of hydrazine groups is 1. The Morgan fingerprint density at radius 3 is 2.38 bits per heavy atom. The number of halogens is 1. The van der Waals surface area contributed by atoms with Crippen molar-refractivity contribution in [1.29, 1.82) is 0 Å². The highest BCUT2D eigenvalue weighted by Gasteiger charge is 2.07. The standard InChI is InChI=1S/C11H17FN4/c1-8(2)14-11(15-13)16(3)10-6-4-9(12)5-7-10/h4-8H,13H2,1-3H3,(H,14,15). The number of guanidine groups is 1. The van der Waals surface area contributed by atoms with Crippen LogP contribution in [-0.2, 0) is 0 Å². The average Bonchev–Trinajstić information content (AvgIpc) is 2.25. The third-order valence-electron chi connectivity index (χ3n) is 2.04. The summed E-state index contributed by atoms with van der Waals surface area (Å²) in [5.41, 5.74) is 3.35. The summed E-state index contributed by atoms with van der Waals surface area (Å²) in [6, 6.07) is 6.27. The van der Waals surface area contributed by atoms with Crippen LogP contribution in [0.15, 0.2) is 29.3 Å². The highest BCUT2D eigenvalue weighted by Crippen LogP contribution is 2.13. The Hall–Kier alpha value is -1.62. The SMILES string of the molecule is CC(C)N=C(NN)N(C)c1ccc(F)cc1. The molecule has 0 atom stereocenters. The van der Waals surface area contributed by atoms with Crippen LogP contribution >= 0.6 is 0 Å². The van der Waals surface area contributed by atoms with Gasteiger partial charge in [0.1, 0.15) is 5.82 Å². The van der Waals surface area contributed by atoms with Gasteiger partial charge in [0, 0.05) is 18.8 Å². The van der Waals surface area contributed by atoms with Crippen LogP contribution < -0.4 is 16.2 Å². The van der Waals surface area contributed by atoms with Gasteiger partial charge in [-0.2, -0.15) is 0 Å². The first-order valence-corrected chi connectivity index (χ1v) is 5.08. The lowest BCUT2D eigenvalue weighted by molar-refractivity contribution is 0.628. The monoisotopic (exact) mass is 224 g/mol. The molecule has 0 unspecified atom stereocenters. The lowest BCUT2D eigenvalue weighted by atomic mass is 10.3. The van der Waals surface area contributed by atoms with Gasteiger partial charge in [-0.25, -0.2) is 15.2 Å². The molecule has 4 nitrogen and oxygen atoms in total. The normalized spacial score (nSPS) is 11.8. The van der Waals surface area contributed by atoms with Gasteiger partial charge >= 0.3 is 0 Å². The van der Waals surface area contributed by atoms with Gasteiger partial charge in [-0.15, -0.1) is 0 Å². The largest absolute Gasteiger partial charge is 0.315 e. The molecule has 0 spiro atoms. The van der Waals surface area contributed by atoms with E-state index in [-0.39, 0.29) is 11.9 Å². The highest BCUT2D eigenvalue weighted by atomic mass is 19.1. The summed E-state index contributed by atoms with van der Waals surface area (Å²) in [6.45, 7) is 3.91. The van der Waals surface area contributed by atoms with Gasteiger partial charge in [0.25, 0.3) is 0 Å². The van der Waals surface area contributed by atoms with Crippen molar-refractivity contribution in [3.8, 4) is 0 Å². The lowest BCUT2D eigenvalue weighted by Gasteiger charge is -2.21. The second kappa shape index (κ2) is 5.46. The van der Waals surface area contributed by atoms with Crippen molar-refractivity contribution < 1.29 is 4.39 Å². The van der Waals surface area contributed by atoms with E-state index in [2.05, 4.69) is 10.4 Å². The van der Waals surface area contributed by atoms with E-state index in [1.165, 1.54) is 12.1 Å². The topological polar surface area (TPSA) is 53.6 Å². The molecule has 3 N–H and O–H groups in total. The molecule has 1 aromatic carbocycles. The zero-order valence-electron chi connectivity index (χ0n) is 9.74. The zero-order chi connectivity index (χ0) is 12.1. The summed E-state index contributed by atoms with van der Waals surface area (Å²) in [4.78, 5) is 6.07. The van der Waals surface area contributed by atoms with Crippen molar-refractivity contribution in [2.24, 2.45) is 10.8 Å². The minimum atomic E-state index is -0.264. The fourth-order valence-corrected chi connectivity index (χ4v) is 1.25. The maximum absolute atomic E-state index is 12.8. The van der Waals surface area contributed by atoms with Gasteiger partial charge in [-0.05, 0) is 38.1 Å². The third-order valence-corrected chi connectivity index (χ3v) is 2.04. The Morgan fingerprint density at radius 1 is 1.38 bits per heavy atom. The number of anilines is 1. The van der Waals surface area contributed by atoms with E-state index in [4.69, 9.17) is 5.84 Å². The molecular weight excluding hydrogens is 207 g/mol. The van der Waals surface area contributed by atoms with E-state index in [0.29, 0.717) is 5.96 Å². The van der Waals surface area contributed by atoms with Crippen molar-refractivity contribution in [1.82, 2.24) is 5.43 Å². The first kappa shape index (κ1) is 12.4. The summed E-state index contributed by atoms with van der Waals surface area (Å²) in [5, 5.41) is 0. The molecule has 0 bridgehead atoms. The predicted molar refractivity (Wildman–Crippen MR) is 64.7 cm³/mol. The number of nitrogens with two attached hydrogens (primary N) is 1. The number of benzene rings is 1. The van der Waals surface area contributed by atoms with Crippen molar-refractivity contribution in [3.63, 3.8) is 0 Å². The van der Waals surface area contributed by atoms with Gasteiger partial charge in [-0.3, -0.25) is 5.43 Å². The van der Waals surface area contributed by atoms with Crippen LogP contribution in [-0.4, -0.2) is 19.0 Å². The molecule has 0 saturated carbocycles. The van der Waals surface area contributed by atoms with Crippen molar-refractivity contribution in [2.45, 2.75) is 19.9 Å². The van der Waals surface area contributed by atoms with Crippen molar-refractivity contribution in [3.05, 3.63) is 30.1 Å². The molecule has 5 heteroatoms. The lowest BCUT2D eigenvalue weighted by Crippen LogP contribution is -2.43. The highest BCUT2D eigenvalue weighted by molar-refractivity contribution is 5.95. The number of hydrogen-bond acceptors (Lipinski definition) is 2. The molecule has 0 saturated heterocycles. The maximum atomic E-state index is 12.8.